The Morgan fingerprint density at radius 2 is 1.43 bits per heavy atom. The van der Waals surface area contributed by atoms with Gasteiger partial charge in [-0.1, -0.05) is 67.6 Å². The molecule has 0 spiro atoms. The number of benzene rings is 2. The molecule has 0 aliphatic carbocycles. The van der Waals surface area contributed by atoms with E-state index in [0.717, 1.165) is 13.0 Å². The summed E-state index contributed by atoms with van der Waals surface area (Å²) in [4.78, 5) is 0. The summed E-state index contributed by atoms with van der Waals surface area (Å²) in [7, 11) is 0. The minimum atomic E-state index is 0.601. The van der Waals surface area contributed by atoms with Gasteiger partial charge >= 0.3 is 0 Å². The summed E-state index contributed by atoms with van der Waals surface area (Å²) in [5.74, 6) is 0. The summed E-state index contributed by atoms with van der Waals surface area (Å²) >= 11 is 0. The zero-order chi connectivity index (χ0) is 14.8. The van der Waals surface area contributed by atoms with Crippen molar-refractivity contribution < 1.29 is 0 Å². The largest absolute Gasteiger partial charge is 0.314 e. The lowest BCUT2D eigenvalue weighted by atomic mass is 10.0. The molecule has 21 heavy (non-hydrogen) atoms. The number of nitrogens with one attached hydrogen (secondary N) is 1. The number of rotatable bonds is 9. The highest BCUT2D eigenvalue weighted by Gasteiger charge is 2.05. The summed E-state index contributed by atoms with van der Waals surface area (Å²) in [6.45, 7) is 3.39. The van der Waals surface area contributed by atoms with Gasteiger partial charge in [0.05, 0.1) is 0 Å². The van der Waals surface area contributed by atoms with Crippen molar-refractivity contribution in [2.75, 3.05) is 6.54 Å². The molecule has 2 aromatic carbocycles. The molecule has 0 bridgehead atoms. The van der Waals surface area contributed by atoms with Gasteiger partial charge in [0.2, 0.25) is 0 Å². The molecular formula is C20H27N. The third kappa shape index (κ3) is 6.14. The molecule has 0 aromatic heterocycles. The zero-order valence-corrected chi connectivity index (χ0v) is 13.1. The quantitative estimate of drug-likeness (QED) is 0.661. The van der Waals surface area contributed by atoms with Crippen LogP contribution in [0.2, 0.25) is 0 Å². The average Bonchev–Trinajstić information content (AvgIpc) is 2.55. The molecule has 0 fully saturated rings. The monoisotopic (exact) mass is 281 g/mol. The first-order valence-electron chi connectivity index (χ1n) is 8.19. The molecule has 1 N–H and O–H groups in total. The highest BCUT2D eigenvalue weighted by molar-refractivity contribution is 5.16. The molecule has 0 amide bonds. The molecule has 112 valence electrons. The minimum absolute atomic E-state index is 0.601. The molecule has 0 aliphatic rings. The van der Waals surface area contributed by atoms with Crippen molar-refractivity contribution in [3.63, 3.8) is 0 Å². The number of hydrogen-bond acceptors (Lipinski definition) is 1. The van der Waals surface area contributed by atoms with Gasteiger partial charge in [-0.15, -0.1) is 0 Å². The smallest absolute Gasteiger partial charge is 0.0105 e. The van der Waals surface area contributed by atoms with E-state index in [-0.39, 0.29) is 0 Å². The van der Waals surface area contributed by atoms with E-state index in [1.54, 1.807) is 0 Å². The predicted molar refractivity (Wildman–Crippen MR) is 91.6 cm³/mol. The molecule has 1 nitrogen and oxygen atoms in total. The second-order valence-corrected chi connectivity index (χ2v) is 5.69. The van der Waals surface area contributed by atoms with Crippen molar-refractivity contribution in [1.29, 1.82) is 0 Å². The van der Waals surface area contributed by atoms with Gasteiger partial charge in [-0.05, 0) is 49.8 Å². The molecule has 0 aliphatic heterocycles. The van der Waals surface area contributed by atoms with Crippen molar-refractivity contribution in [2.24, 2.45) is 0 Å². The first-order valence-corrected chi connectivity index (χ1v) is 8.19. The normalized spacial score (nSPS) is 12.2. The van der Waals surface area contributed by atoms with Crippen molar-refractivity contribution in [3.05, 3.63) is 71.8 Å². The fourth-order valence-electron chi connectivity index (χ4n) is 2.66. The fraction of sp³-hybridized carbons (Fsp3) is 0.400. The number of unbranched alkanes of at least 4 members (excludes halogenated alkanes) is 1. The van der Waals surface area contributed by atoms with Crippen LogP contribution in [0.25, 0.3) is 0 Å². The SMILES string of the molecule is CCC(Cc1ccccc1)NCCCCc1ccccc1. The van der Waals surface area contributed by atoms with E-state index in [2.05, 4.69) is 72.9 Å². The Morgan fingerprint density at radius 1 is 0.810 bits per heavy atom. The van der Waals surface area contributed by atoms with Crippen LogP contribution in [0.4, 0.5) is 0 Å². The van der Waals surface area contributed by atoms with E-state index in [4.69, 9.17) is 0 Å². The first kappa shape index (κ1) is 15.8. The van der Waals surface area contributed by atoms with E-state index < -0.39 is 0 Å². The predicted octanol–water partition coefficient (Wildman–Crippen LogP) is 4.62. The highest BCUT2D eigenvalue weighted by Crippen LogP contribution is 2.07. The van der Waals surface area contributed by atoms with Gasteiger partial charge in [0, 0.05) is 6.04 Å². The lowest BCUT2D eigenvalue weighted by molar-refractivity contribution is 0.483. The molecule has 0 heterocycles. The van der Waals surface area contributed by atoms with Gasteiger partial charge in [-0.3, -0.25) is 0 Å². The lowest BCUT2D eigenvalue weighted by Gasteiger charge is -2.17. The fourth-order valence-corrected chi connectivity index (χ4v) is 2.66. The third-order valence-corrected chi connectivity index (χ3v) is 3.99. The van der Waals surface area contributed by atoms with Crippen LogP contribution < -0.4 is 5.32 Å². The van der Waals surface area contributed by atoms with Crippen molar-refractivity contribution in [1.82, 2.24) is 5.32 Å². The summed E-state index contributed by atoms with van der Waals surface area (Å²) in [6.07, 6.45) is 6.03. The van der Waals surface area contributed by atoms with Crippen LogP contribution >= 0.6 is 0 Å². The van der Waals surface area contributed by atoms with E-state index in [0.29, 0.717) is 6.04 Å². The lowest BCUT2D eigenvalue weighted by Crippen LogP contribution is -2.31. The average molecular weight is 281 g/mol. The van der Waals surface area contributed by atoms with Gasteiger partial charge in [0.1, 0.15) is 0 Å². The van der Waals surface area contributed by atoms with Crippen molar-refractivity contribution in [3.8, 4) is 0 Å². The van der Waals surface area contributed by atoms with Crippen LogP contribution in [-0.4, -0.2) is 12.6 Å². The van der Waals surface area contributed by atoms with E-state index >= 15 is 0 Å². The zero-order valence-electron chi connectivity index (χ0n) is 13.1. The Kier molecular flexibility index (Phi) is 7.03. The molecule has 1 atom stereocenters. The van der Waals surface area contributed by atoms with Crippen LogP contribution in [0, 0.1) is 0 Å². The summed E-state index contributed by atoms with van der Waals surface area (Å²) in [5.41, 5.74) is 2.88. The van der Waals surface area contributed by atoms with Crippen LogP contribution in [0.15, 0.2) is 60.7 Å². The Balaban J connectivity index is 1.62. The van der Waals surface area contributed by atoms with Gasteiger partial charge in [0.25, 0.3) is 0 Å². The topological polar surface area (TPSA) is 12.0 Å². The van der Waals surface area contributed by atoms with E-state index in [1.807, 2.05) is 0 Å². The van der Waals surface area contributed by atoms with Gasteiger partial charge < -0.3 is 5.32 Å². The molecule has 1 unspecified atom stereocenters. The van der Waals surface area contributed by atoms with E-state index in [9.17, 15) is 0 Å². The van der Waals surface area contributed by atoms with Gasteiger partial charge in [0.15, 0.2) is 0 Å². The van der Waals surface area contributed by atoms with Gasteiger partial charge in [-0.2, -0.15) is 0 Å². The molecule has 2 rings (SSSR count). The third-order valence-electron chi connectivity index (χ3n) is 3.99. The van der Waals surface area contributed by atoms with Crippen molar-refractivity contribution in [2.45, 2.75) is 45.1 Å². The Morgan fingerprint density at radius 3 is 2.05 bits per heavy atom. The van der Waals surface area contributed by atoms with Crippen molar-refractivity contribution >= 4 is 0 Å². The minimum Gasteiger partial charge on any atom is -0.314 e. The van der Waals surface area contributed by atoms with Gasteiger partial charge in [-0.25, -0.2) is 0 Å². The number of aryl methyl sites for hydroxylation is 1. The highest BCUT2D eigenvalue weighted by atomic mass is 14.9. The second-order valence-electron chi connectivity index (χ2n) is 5.69. The standard InChI is InChI=1S/C20H27N/c1-2-20(17-19-14-7-4-8-15-19)21-16-10-9-13-18-11-5-3-6-12-18/h3-8,11-12,14-15,20-21H,2,9-10,13,16-17H2,1H3. The van der Waals surface area contributed by atoms with Crippen LogP contribution in [-0.2, 0) is 12.8 Å². The second kappa shape index (κ2) is 9.36. The summed E-state index contributed by atoms with van der Waals surface area (Å²) in [5, 5.41) is 3.70. The maximum absolute atomic E-state index is 3.70. The maximum atomic E-state index is 3.70. The molecule has 2 aromatic rings. The molecule has 0 saturated carbocycles. The Labute approximate surface area is 129 Å². The maximum Gasteiger partial charge on any atom is 0.0105 e. The first-order chi connectivity index (χ1) is 10.4. The summed E-state index contributed by atoms with van der Waals surface area (Å²) in [6, 6.07) is 22.2. The Bertz CT molecular complexity index is 478. The molecular weight excluding hydrogens is 254 g/mol. The van der Waals surface area contributed by atoms with E-state index in [1.165, 1.54) is 36.8 Å². The number of hydrogen-bond donors (Lipinski definition) is 1. The summed E-state index contributed by atoms with van der Waals surface area (Å²) < 4.78 is 0. The van der Waals surface area contributed by atoms with Crippen LogP contribution in [0.5, 0.6) is 0 Å². The van der Waals surface area contributed by atoms with Crippen LogP contribution in [0.3, 0.4) is 0 Å². The van der Waals surface area contributed by atoms with Crippen LogP contribution in [0.1, 0.15) is 37.3 Å². The molecule has 0 radical (unpaired) electrons. The molecule has 1 heteroatoms. The molecule has 0 saturated heterocycles. The Hall–Kier alpha value is -1.60.